The van der Waals surface area contributed by atoms with Gasteiger partial charge in [0.05, 0.1) is 17.1 Å². The monoisotopic (exact) mass is 391 g/mol. The van der Waals surface area contributed by atoms with Crippen LogP contribution in [-0.4, -0.2) is 28.2 Å². The summed E-state index contributed by atoms with van der Waals surface area (Å²) in [5.41, 5.74) is 0. The Morgan fingerprint density at radius 1 is 1.08 bits per heavy atom. The summed E-state index contributed by atoms with van der Waals surface area (Å²) in [5.74, 6) is 1.54. The van der Waals surface area contributed by atoms with Gasteiger partial charge in [-0.2, -0.15) is 0 Å². The van der Waals surface area contributed by atoms with Gasteiger partial charge in [0.1, 0.15) is 19.0 Å². The highest BCUT2D eigenvalue weighted by molar-refractivity contribution is 7.89. The molecule has 136 valence electrons. The van der Waals surface area contributed by atoms with Crippen molar-refractivity contribution in [3.8, 4) is 11.5 Å². The van der Waals surface area contributed by atoms with E-state index < -0.39 is 10.0 Å². The Morgan fingerprint density at radius 2 is 1.92 bits per heavy atom. The fourth-order valence-electron chi connectivity index (χ4n) is 2.79. The van der Waals surface area contributed by atoms with Crippen LogP contribution < -0.4 is 14.2 Å². The maximum Gasteiger partial charge on any atom is 0.240 e. The number of benzene rings is 1. The largest absolute Gasteiger partial charge is 0.486 e. The van der Waals surface area contributed by atoms with Gasteiger partial charge in [-0.1, -0.05) is 6.07 Å². The van der Waals surface area contributed by atoms with E-state index in [9.17, 15) is 8.42 Å². The number of sulfonamides is 1. The van der Waals surface area contributed by atoms with E-state index in [1.165, 1.54) is 12.1 Å². The Kier molecular flexibility index (Phi) is 4.71. The van der Waals surface area contributed by atoms with Crippen LogP contribution in [0.1, 0.15) is 16.6 Å². The van der Waals surface area contributed by atoms with Gasteiger partial charge in [0, 0.05) is 17.5 Å². The normalized spacial score (nSPS) is 14.9. The molecule has 0 amide bonds. The smallest absolute Gasteiger partial charge is 0.240 e. The molecule has 2 aromatic heterocycles. The van der Waals surface area contributed by atoms with Gasteiger partial charge in [-0.05, 0) is 35.7 Å². The third-order valence-electron chi connectivity index (χ3n) is 4.07. The quantitative estimate of drug-likeness (QED) is 0.698. The summed E-state index contributed by atoms with van der Waals surface area (Å²) in [7, 11) is -3.69. The second kappa shape index (κ2) is 7.14. The molecule has 8 heteroatoms. The standard InChI is InChI=1S/C18H17NO5S2/c20-26(21,13-5-6-16-17(11-13)24-9-8-23-16)19-12-14(15-3-1-7-22-15)18-4-2-10-25-18/h1-7,10-11,14,19H,8-9,12H2/t14-/m0/s1. The Labute approximate surface area is 155 Å². The molecule has 0 fully saturated rings. The van der Waals surface area contributed by atoms with Crippen LogP contribution in [-0.2, 0) is 10.0 Å². The first kappa shape index (κ1) is 17.1. The zero-order valence-electron chi connectivity index (χ0n) is 13.8. The molecule has 1 N–H and O–H groups in total. The average Bonchev–Trinajstić information content (AvgIpc) is 3.36. The molecule has 1 aromatic carbocycles. The first-order valence-corrected chi connectivity index (χ1v) is 10.5. The number of hydrogen-bond donors (Lipinski definition) is 1. The van der Waals surface area contributed by atoms with Crippen LogP contribution in [0.3, 0.4) is 0 Å². The molecule has 4 rings (SSSR count). The summed E-state index contributed by atoms with van der Waals surface area (Å²) in [5, 5.41) is 1.96. The molecule has 0 spiro atoms. The molecule has 1 aliphatic heterocycles. The Bertz CT molecular complexity index is 931. The Balaban J connectivity index is 1.55. The zero-order chi connectivity index (χ0) is 18.0. The van der Waals surface area contributed by atoms with Crippen molar-refractivity contribution in [1.29, 1.82) is 0 Å². The molecule has 0 unspecified atom stereocenters. The molecular formula is C18H17NO5S2. The number of rotatable bonds is 6. The lowest BCUT2D eigenvalue weighted by Crippen LogP contribution is -2.29. The van der Waals surface area contributed by atoms with Crippen molar-refractivity contribution in [1.82, 2.24) is 4.72 Å². The maximum atomic E-state index is 12.7. The van der Waals surface area contributed by atoms with Gasteiger partial charge in [0.2, 0.25) is 10.0 Å². The molecule has 0 saturated carbocycles. The maximum absolute atomic E-state index is 12.7. The van der Waals surface area contributed by atoms with Gasteiger partial charge < -0.3 is 13.9 Å². The van der Waals surface area contributed by atoms with Crippen LogP contribution in [0.4, 0.5) is 0 Å². The Hall–Kier alpha value is -2.29. The molecule has 3 heterocycles. The third kappa shape index (κ3) is 3.48. The van der Waals surface area contributed by atoms with Crippen LogP contribution in [0, 0.1) is 0 Å². The molecule has 26 heavy (non-hydrogen) atoms. The minimum atomic E-state index is -3.69. The zero-order valence-corrected chi connectivity index (χ0v) is 15.4. The Morgan fingerprint density at radius 3 is 2.65 bits per heavy atom. The van der Waals surface area contributed by atoms with Gasteiger partial charge in [-0.15, -0.1) is 11.3 Å². The number of furan rings is 1. The number of hydrogen-bond acceptors (Lipinski definition) is 6. The van der Waals surface area contributed by atoms with Crippen LogP contribution in [0.15, 0.2) is 63.4 Å². The summed E-state index contributed by atoms with van der Waals surface area (Å²) in [6.07, 6.45) is 1.59. The summed E-state index contributed by atoms with van der Waals surface area (Å²) < 4.78 is 44.5. The summed E-state index contributed by atoms with van der Waals surface area (Å²) in [4.78, 5) is 1.18. The van der Waals surface area contributed by atoms with Gasteiger partial charge in [0.25, 0.3) is 0 Å². The van der Waals surface area contributed by atoms with E-state index in [0.717, 1.165) is 10.6 Å². The van der Waals surface area contributed by atoms with E-state index in [0.29, 0.717) is 24.7 Å². The van der Waals surface area contributed by atoms with Gasteiger partial charge >= 0.3 is 0 Å². The second-order valence-electron chi connectivity index (χ2n) is 5.74. The SMILES string of the molecule is O=S(=O)(NC[C@@H](c1ccco1)c1cccs1)c1ccc2c(c1)OCCO2. The van der Waals surface area contributed by atoms with Crippen LogP contribution in [0.5, 0.6) is 11.5 Å². The number of fused-ring (bicyclic) bond motifs is 1. The minimum absolute atomic E-state index is 0.145. The van der Waals surface area contributed by atoms with Gasteiger partial charge in [-0.3, -0.25) is 0 Å². The number of nitrogens with one attached hydrogen (secondary N) is 1. The highest BCUT2D eigenvalue weighted by Crippen LogP contribution is 2.33. The van der Waals surface area contributed by atoms with Crippen molar-refractivity contribution in [3.05, 3.63) is 64.7 Å². The topological polar surface area (TPSA) is 77.8 Å². The lowest BCUT2D eigenvalue weighted by molar-refractivity contribution is 0.171. The van der Waals surface area contributed by atoms with Crippen molar-refractivity contribution in [2.75, 3.05) is 19.8 Å². The molecule has 1 atom stereocenters. The van der Waals surface area contributed by atoms with Crippen LogP contribution in [0.2, 0.25) is 0 Å². The molecule has 0 saturated heterocycles. The van der Waals surface area contributed by atoms with E-state index in [2.05, 4.69) is 4.72 Å². The van der Waals surface area contributed by atoms with Gasteiger partial charge in [0.15, 0.2) is 11.5 Å². The van der Waals surface area contributed by atoms with E-state index in [-0.39, 0.29) is 17.4 Å². The predicted molar refractivity (Wildman–Crippen MR) is 97.5 cm³/mol. The second-order valence-corrected chi connectivity index (χ2v) is 8.49. The fraction of sp³-hybridized carbons (Fsp3) is 0.222. The molecular weight excluding hydrogens is 374 g/mol. The van der Waals surface area contributed by atoms with Crippen molar-refractivity contribution in [3.63, 3.8) is 0 Å². The molecule has 6 nitrogen and oxygen atoms in total. The van der Waals surface area contributed by atoms with Crippen LogP contribution >= 0.6 is 11.3 Å². The van der Waals surface area contributed by atoms with Crippen molar-refractivity contribution >= 4 is 21.4 Å². The molecule has 0 bridgehead atoms. The van der Waals surface area contributed by atoms with E-state index in [1.807, 2.05) is 23.6 Å². The van der Waals surface area contributed by atoms with E-state index in [4.69, 9.17) is 13.9 Å². The van der Waals surface area contributed by atoms with Crippen molar-refractivity contribution in [2.24, 2.45) is 0 Å². The lowest BCUT2D eigenvalue weighted by atomic mass is 10.1. The van der Waals surface area contributed by atoms with Crippen molar-refractivity contribution < 1.29 is 22.3 Å². The number of thiophene rings is 1. The predicted octanol–water partition coefficient (Wildman–Crippen LogP) is 3.22. The minimum Gasteiger partial charge on any atom is -0.486 e. The van der Waals surface area contributed by atoms with E-state index in [1.54, 1.807) is 29.7 Å². The molecule has 1 aliphatic rings. The highest BCUT2D eigenvalue weighted by atomic mass is 32.2. The van der Waals surface area contributed by atoms with Crippen molar-refractivity contribution in [2.45, 2.75) is 10.8 Å². The number of ether oxygens (including phenoxy) is 2. The highest BCUT2D eigenvalue weighted by Gasteiger charge is 2.23. The first-order chi connectivity index (χ1) is 12.6. The molecule has 3 aromatic rings. The third-order valence-corrected chi connectivity index (χ3v) is 6.48. The summed E-state index contributed by atoms with van der Waals surface area (Å²) >= 11 is 1.56. The fourth-order valence-corrected chi connectivity index (χ4v) is 4.68. The first-order valence-electron chi connectivity index (χ1n) is 8.09. The van der Waals surface area contributed by atoms with E-state index >= 15 is 0 Å². The molecule has 0 aliphatic carbocycles. The average molecular weight is 391 g/mol. The molecule has 0 radical (unpaired) electrons. The van der Waals surface area contributed by atoms with Gasteiger partial charge in [-0.25, -0.2) is 13.1 Å². The summed E-state index contributed by atoms with van der Waals surface area (Å²) in [6.45, 7) is 1.07. The summed E-state index contributed by atoms with van der Waals surface area (Å²) in [6, 6.07) is 12.2. The van der Waals surface area contributed by atoms with Crippen LogP contribution in [0.25, 0.3) is 0 Å². The lowest BCUT2D eigenvalue weighted by Gasteiger charge is -2.19.